The minimum Gasteiger partial charge on any atom is -0.351 e. The molecule has 5 heteroatoms. The SMILES string of the molecule is Cl.NC(=O)N(Cc1cccs1)C1CCCC1. The molecule has 1 fully saturated rings. The van der Waals surface area contributed by atoms with Gasteiger partial charge in [0.2, 0.25) is 0 Å². The summed E-state index contributed by atoms with van der Waals surface area (Å²) in [7, 11) is 0. The van der Waals surface area contributed by atoms with Crippen LogP contribution >= 0.6 is 23.7 Å². The largest absolute Gasteiger partial charge is 0.351 e. The van der Waals surface area contributed by atoms with Gasteiger partial charge >= 0.3 is 6.03 Å². The predicted molar refractivity (Wildman–Crippen MR) is 68.9 cm³/mol. The number of halogens is 1. The first kappa shape index (κ1) is 13.3. The number of nitrogens with zero attached hydrogens (tertiary/aromatic N) is 1. The molecule has 0 atom stereocenters. The van der Waals surface area contributed by atoms with E-state index in [-0.39, 0.29) is 18.4 Å². The molecule has 0 aliphatic heterocycles. The fourth-order valence-corrected chi connectivity index (χ4v) is 2.88. The second-order valence-electron chi connectivity index (χ2n) is 3.98. The van der Waals surface area contributed by atoms with Crippen LogP contribution in [0.5, 0.6) is 0 Å². The number of rotatable bonds is 3. The zero-order valence-electron chi connectivity index (χ0n) is 9.09. The summed E-state index contributed by atoms with van der Waals surface area (Å²) in [6.07, 6.45) is 4.65. The van der Waals surface area contributed by atoms with Crippen LogP contribution in [0, 0.1) is 0 Å². The van der Waals surface area contributed by atoms with Gasteiger partial charge in [0, 0.05) is 10.9 Å². The maximum absolute atomic E-state index is 11.4. The highest BCUT2D eigenvalue weighted by atomic mass is 35.5. The maximum atomic E-state index is 11.4. The van der Waals surface area contributed by atoms with Crippen molar-refractivity contribution < 1.29 is 4.79 Å². The van der Waals surface area contributed by atoms with E-state index in [1.807, 2.05) is 16.3 Å². The molecule has 1 saturated carbocycles. The molecule has 2 rings (SSSR count). The number of carbonyl (C=O) groups excluding carboxylic acids is 1. The van der Waals surface area contributed by atoms with Gasteiger partial charge in [-0.2, -0.15) is 0 Å². The van der Waals surface area contributed by atoms with E-state index in [0.717, 1.165) is 12.8 Å². The number of thiophene rings is 1. The molecule has 16 heavy (non-hydrogen) atoms. The van der Waals surface area contributed by atoms with Crippen LogP contribution in [-0.2, 0) is 6.54 Å². The smallest absolute Gasteiger partial charge is 0.315 e. The zero-order valence-corrected chi connectivity index (χ0v) is 10.7. The van der Waals surface area contributed by atoms with Crippen LogP contribution in [0.25, 0.3) is 0 Å². The Morgan fingerprint density at radius 2 is 2.19 bits per heavy atom. The number of hydrogen-bond donors (Lipinski definition) is 1. The predicted octanol–water partition coefficient (Wildman–Crippen LogP) is 2.99. The highest BCUT2D eigenvalue weighted by Crippen LogP contribution is 2.25. The normalized spacial score (nSPS) is 15.8. The molecule has 0 unspecified atom stereocenters. The van der Waals surface area contributed by atoms with Crippen LogP contribution in [0.3, 0.4) is 0 Å². The van der Waals surface area contributed by atoms with Crippen molar-refractivity contribution in [2.24, 2.45) is 5.73 Å². The molecule has 1 aromatic heterocycles. The van der Waals surface area contributed by atoms with Crippen molar-refractivity contribution in [2.75, 3.05) is 0 Å². The van der Waals surface area contributed by atoms with E-state index in [1.54, 1.807) is 11.3 Å². The Labute approximate surface area is 106 Å². The molecule has 0 aromatic carbocycles. The third kappa shape index (κ3) is 3.12. The Morgan fingerprint density at radius 3 is 2.69 bits per heavy atom. The molecule has 0 bridgehead atoms. The van der Waals surface area contributed by atoms with E-state index >= 15 is 0 Å². The molecule has 0 saturated heterocycles. The average Bonchev–Trinajstić information content (AvgIpc) is 2.87. The van der Waals surface area contributed by atoms with Crippen LogP contribution < -0.4 is 5.73 Å². The Kier molecular flexibility index (Phi) is 5.09. The minimum atomic E-state index is -0.282. The molecular formula is C11H17ClN2OS. The van der Waals surface area contributed by atoms with Gasteiger partial charge in [-0.1, -0.05) is 18.9 Å². The van der Waals surface area contributed by atoms with Crippen LogP contribution in [0.1, 0.15) is 30.6 Å². The van der Waals surface area contributed by atoms with Crippen molar-refractivity contribution in [1.82, 2.24) is 4.90 Å². The first-order valence-electron chi connectivity index (χ1n) is 5.36. The average molecular weight is 261 g/mol. The van der Waals surface area contributed by atoms with Gasteiger partial charge in [-0.15, -0.1) is 23.7 Å². The van der Waals surface area contributed by atoms with E-state index in [9.17, 15) is 4.79 Å². The van der Waals surface area contributed by atoms with E-state index in [4.69, 9.17) is 5.73 Å². The molecule has 3 nitrogen and oxygen atoms in total. The summed E-state index contributed by atoms with van der Waals surface area (Å²) in [5, 5.41) is 2.03. The molecule has 1 aliphatic carbocycles. The van der Waals surface area contributed by atoms with Crippen molar-refractivity contribution in [3.8, 4) is 0 Å². The third-order valence-corrected chi connectivity index (χ3v) is 3.82. The molecule has 2 amide bonds. The van der Waals surface area contributed by atoms with E-state index in [2.05, 4.69) is 6.07 Å². The lowest BCUT2D eigenvalue weighted by Gasteiger charge is -2.26. The van der Waals surface area contributed by atoms with E-state index in [1.165, 1.54) is 17.7 Å². The number of carbonyl (C=O) groups is 1. The highest BCUT2D eigenvalue weighted by Gasteiger charge is 2.25. The van der Waals surface area contributed by atoms with Gasteiger partial charge in [0.1, 0.15) is 0 Å². The van der Waals surface area contributed by atoms with Crippen molar-refractivity contribution in [1.29, 1.82) is 0 Å². The molecule has 90 valence electrons. The van der Waals surface area contributed by atoms with Gasteiger partial charge in [-0.05, 0) is 24.3 Å². The second-order valence-corrected chi connectivity index (χ2v) is 5.02. The topological polar surface area (TPSA) is 46.3 Å². The number of amides is 2. The highest BCUT2D eigenvalue weighted by molar-refractivity contribution is 7.09. The lowest BCUT2D eigenvalue weighted by molar-refractivity contribution is 0.181. The summed E-state index contributed by atoms with van der Waals surface area (Å²) in [5.41, 5.74) is 5.42. The number of hydrogen-bond acceptors (Lipinski definition) is 2. The van der Waals surface area contributed by atoms with Gasteiger partial charge in [0.05, 0.1) is 6.54 Å². The number of primary amides is 1. The summed E-state index contributed by atoms with van der Waals surface area (Å²) < 4.78 is 0. The number of urea groups is 1. The zero-order chi connectivity index (χ0) is 10.7. The van der Waals surface area contributed by atoms with Crippen molar-refractivity contribution >= 4 is 29.8 Å². The standard InChI is InChI=1S/C11H16N2OS.ClH/c12-11(14)13(9-4-1-2-5-9)8-10-6-3-7-15-10;/h3,6-7,9H,1-2,4-5,8H2,(H2,12,14);1H. The maximum Gasteiger partial charge on any atom is 0.315 e. The van der Waals surface area contributed by atoms with Gasteiger partial charge in [-0.25, -0.2) is 4.79 Å². The summed E-state index contributed by atoms with van der Waals surface area (Å²) in [6, 6.07) is 4.14. The summed E-state index contributed by atoms with van der Waals surface area (Å²) >= 11 is 1.68. The minimum absolute atomic E-state index is 0. The van der Waals surface area contributed by atoms with E-state index < -0.39 is 0 Å². The lowest BCUT2D eigenvalue weighted by atomic mass is 10.2. The van der Waals surface area contributed by atoms with E-state index in [0.29, 0.717) is 12.6 Å². The summed E-state index contributed by atoms with van der Waals surface area (Å²) in [6.45, 7) is 0.678. The summed E-state index contributed by atoms with van der Waals surface area (Å²) in [4.78, 5) is 14.4. The Morgan fingerprint density at radius 1 is 1.50 bits per heavy atom. The first-order chi connectivity index (χ1) is 7.27. The molecule has 1 aromatic rings. The summed E-state index contributed by atoms with van der Waals surface area (Å²) in [5.74, 6) is 0. The molecule has 0 spiro atoms. The van der Waals surface area contributed by atoms with Crippen LogP contribution in [0.15, 0.2) is 17.5 Å². The molecular weight excluding hydrogens is 244 g/mol. The number of nitrogens with two attached hydrogens (primary N) is 1. The Hall–Kier alpha value is -0.740. The van der Waals surface area contributed by atoms with Gasteiger partial charge in [0.15, 0.2) is 0 Å². The first-order valence-corrected chi connectivity index (χ1v) is 6.24. The van der Waals surface area contributed by atoms with Crippen molar-refractivity contribution in [3.63, 3.8) is 0 Å². The van der Waals surface area contributed by atoms with Crippen LogP contribution in [0.2, 0.25) is 0 Å². The van der Waals surface area contributed by atoms with Crippen molar-refractivity contribution in [2.45, 2.75) is 38.3 Å². The van der Waals surface area contributed by atoms with Crippen molar-refractivity contribution in [3.05, 3.63) is 22.4 Å². The fraction of sp³-hybridized carbons (Fsp3) is 0.545. The second kappa shape index (κ2) is 6.11. The molecule has 1 heterocycles. The molecule has 1 aliphatic rings. The van der Waals surface area contributed by atoms with Crippen LogP contribution in [0.4, 0.5) is 4.79 Å². The van der Waals surface area contributed by atoms with Gasteiger partial charge in [-0.3, -0.25) is 0 Å². The third-order valence-electron chi connectivity index (χ3n) is 2.95. The quantitative estimate of drug-likeness (QED) is 0.892. The van der Waals surface area contributed by atoms with Crippen LogP contribution in [-0.4, -0.2) is 17.0 Å². The monoisotopic (exact) mass is 260 g/mol. The van der Waals surface area contributed by atoms with Gasteiger partial charge < -0.3 is 10.6 Å². The molecule has 0 radical (unpaired) electrons. The fourth-order valence-electron chi connectivity index (χ4n) is 2.17. The molecule has 2 N–H and O–H groups in total. The lowest BCUT2D eigenvalue weighted by Crippen LogP contribution is -2.41. The Bertz CT molecular complexity index is 323. The Balaban J connectivity index is 0.00000128. The van der Waals surface area contributed by atoms with Gasteiger partial charge in [0.25, 0.3) is 0 Å².